The Morgan fingerprint density at radius 1 is 1.45 bits per heavy atom. The van der Waals surface area contributed by atoms with Gasteiger partial charge in [0, 0.05) is 5.88 Å². The minimum atomic E-state index is -1.39. The molecular formula is C7H15ClO2P+. The number of halogens is 1. The van der Waals surface area contributed by atoms with E-state index < -0.39 is 8.03 Å². The van der Waals surface area contributed by atoms with Gasteiger partial charge >= 0.3 is 8.03 Å². The van der Waals surface area contributed by atoms with Crippen LogP contribution in [0.25, 0.3) is 0 Å². The highest BCUT2D eigenvalue weighted by Crippen LogP contribution is 2.22. The maximum Gasteiger partial charge on any atom is 0.508 e. The predicted octanol–water partition coefficient (Wildman–Crippen LogP) is 3.17. The van der Waals surface area contributed by atoms with Crippen molar-refractivity contribution in [3.63, 3.8) is 0 Å². The first kappa shape index (κ1) is 11.4. The molecule has 1 atom stereocenters. The molecule has 0 fully saturated rings. The van der Waals surface area contributed by atoms with Gasteiger partial charge in [-0.15, -0.1) is 16.1 Å². The van der Waals surface area contributed by atoms with Crippen LogP contribution < -0.4 is 0 Å². The van der Waals surface area contributed by atoms with Crippen LogP contribution in [0.4, 0.5) is 0 Å². The molecule has 0 aromatic rings. The largest absolute Gasteiger partial charge is 0.508 e. The molecule has 0 bridgehead atoms. The molecule has 0 aliphatic rings. The number of hydrogen-bond acceptors (Lipinski definition) is 2. The van der Waals surface area contributed by atoms with Crippen LogP contribution in [0.2, 0.25) is 0 Å². The van der Waals surface area contributed by atoms with E-state index in [1.54, 1.807) is 0 Å². The Morgan fingerprint density at radius 2 is 2.18 bits per heavy atom. The van der Waals surface area contributed by atoms with Crippen molar-refractivity contribution in [2.45, 2.75) is 26.2 Å². The minimum absolute atomic E-state index is 0.585. The molecule has 11 heavy (non-hydrogen) atoms. The molecule has 0 rings (SSSR count). The predicted molar refractivity (Wildman–Crippen MR) is 48.7 cm³/mol. The second-order valence-corrected chi connectivity index (χ2v) is 4.03. The van der Waals surface area contributed by atoms with Gasteiger partial charge in [0.1, 0.15) is 6.61 Å². The molecule has 0 radical (unpaired) electrons. The summed E-state index contributed by atoms with van der Waals surface area (Å²) in [5.41, 5.74) is 0. The van der Waals surface area contributed by atoms with E-state index in [4.69, 9.17) is 16.1 Å². The molecule has 0 saturated carbocycles. The summed E-state index contributed by atoms with van der Waals surface area (Å²) in [7, 11) is -1.39. The number of hydrogen-bond donors (Lipinski definition) is 0. The molecule has 0 aromatic heterocycles. The maximum absolute atomic E-state index is 10.9. The van der Waals surface area contributed by atoms with E-state index in [0.717, 1.165) is 19.3 Å². The van der Waals surface area contributed by atoms with Gasteiger partial charge < -0.3 is 0 Å². The minimum Gasteiger partial charge on any atom is -0.146 e. The monoisotopic (exact) mass is 197 g/mol. The van der Waals surface area contributed by atoms with Crippen molar-refractivity contribution >= 4 is 19.6 Å². The molecular weight excluding hydrogens is 183 g/mol. The second kappa shape index (κ2) is 8.45. The van der Waals surface area contributed by atoms with E-state index in [1.807, 2.05) is 6.92 Å². The van der Waals surface area contributed by atoms with Gasteiger partial charge in [-0.05, 0) is 23.8 Å². The summed E-state index contributed by atoms with van der Waals surface area (Å²) in [4.78, 5) is 0. The summed E-state index contributed by atoms with van der Waals surface area (Å²) in [6.45, 7) is 2.58. The van der Waals surface area contributed by atoms with Gasteiger partial charge in [0.15, 0.2) is 6.16 Å². The first-order valence-electron chi connectivity index (χ1n) is 3.94. The fourth-order valence-electron chi connectivity index (χ4n) is 0.610. The zero-order valence-electron chi connectivity index (χ0n) is 6.88. The van der Waals surface area contributed by atoms with Crippen LogP contribution in [0.1, 0.15) is 26.2 Å². The van der Waals surface area contributed by atoms with Crippen LogP contribution in [-0.2, 0) is 9.09 Å². The van der Waals surface area contributed by atoms with Gasteiger partial charge in [-0.1, -0.05) is 6.92 Å². The van der Waals surface area contributed by atoms with E-state index in [1.165, 1.54) is 0 Å². The molecule has 0 aliphatic carbocycles. The summed E-state index contributed by atoms with van der Waals surface area (Å²) >= 11 is 5.45. The molecule has 0 saturated heterocycles. The van der Waals surface area contributed by atoms with Crippen LogP contribution in [0.15, 0.2) is 0 Å². The van der Waals surface area contributed by atoms with E-state index in [0.29, 0.717) is 18.6 Å². The SMILES string of the molecule is CCC[P+](=O)OCCCCCl. The maximum atomic E-state index is 10.9. The highest BCUT2D eigenvalue weighted by Gasteiger charge is 2.13. The van der Waals surface area contributed by atoms with Crippen LogP contribution >= 0.6 is 19.6 Å². The average Bonchev–Trinajstić information content (AvgIpc) is 1.99. The third-order valence-corrected chi connectivity index (χ3v) is 2.72. The van der Waals surface area contributed by atoms with Crippen molar-refractivity contribution in [2.75, 3.05) is 18.6 Å². The molecule has 0 heterocycles. The van der Waals surface area contributed by atoms with E-state index in [2.05, 4.69) is 0 Å². The van der Waals surface area contributed by atoms with Crippen LogP contribution in [0.5, 0.6) is 0 Å². The Balaban J connectivity index is 3.04. The van der Waals surface area contributed by atoms with E-state index in [-0.39, 0.29) is 0 Å². The molecule has 2 nitrogen and oxygen atoms in total. The van der Waals surface area contributed by atoms with Crippen LogP contribution in [-0.4, -0.2) is 18.6 Å². The number of alkyl halides is 1. The molecule has 66 valence electrons. The molecule has 0 aromatic carbocycles. The van der Waals surface area contributed by atoms with Gasteiger partial charge in [0.2, 0.25) is 0 Å². The van der Waals surface area contributed by atoms with Crippen molar-refractivity contribution in [2.24, 2.45) is 0 Å². The molecule has 0 spiro atoms. The smallest absolute Gasteiger partial charge is 0.146 e. The molecule has 1 unspecified atom stereocenters. The lowest BCUT2D eigenvalue weighted by atomic mass is 10.4. The Hall–Kier alpha value is 0.350. The molecule has 0 N–H and O–H groups in total. The zero-order valence-corrected chi connectivity index (χ0v) is 8.53. The van der Waals surface area contributed by atoms with Crippen LogP contribution in [0, 0.1) is 0 Å². The normalized spacial score (nSPS) is 11.6. The van der Waals surface area contributed by atoms with Crippen molar-refractivity contribution in [3.8, 4) is 0 Å². The fraction of sp³-hybridized carbons (Fsp3) is 1.00. The van der Waals surface area contributed by atoms with Crippen molar-refractivity contribution in [3.05, 3.63) is 0 Å². The van der Waals surface area contributed by atoms with Gasteiger partial charge in [0.25, 0.3) is 0 Å². The Bertz CT molecular complexity index is 109. The average molecular weight is 198 g/mol. The van der Waals surface area contributed by atoms with Gasteiger partial charge in [-0.3, -0.25) is 0 Å². The zero-order chi connectivity index (χ0) is 8.53. The Labute approximate surface area is 74.1 Å². The third kappa shape index (κ3) is 8.25. The van der Waals surface area contributed by atoms with Crippen molar-refractivity contribution < 1.29 is 9.09 Å². The highest BCUT2D eigenvalue weighted by molar-refractivity contribution is 7.39. The van der Waals surface area contributed by atoms with Crippen molar-refractivity contribution in [1.82, 2.24) is 0 Å². The lowest BCUT2D eigenvalue weighted by Gasteiger charge is -1.89. The molecule has 0 aliphatic heterocycles. The molecule has 0 amide bonds. The second-order valence-electron chi connectivity index (χ2n) is 2.29. The standard InChI is InChI=1S/C7H15ClO2P/c1-2-7-11(9)10-6-4-3-5-8/h2-7H2,1H3/q+1. The fourth-order valence-corrected chi connectivity index (χ4v) is 1.63. The van der Waals surface area contributed by atoms with E-state index in [9.17, 15) is 4.57 Å². The van der Waals surface area contributed by atoms with Crippen LogP contribution in [0.3, 0.4) is 0 Å². The first-order chi connectivity index (χ1) is 5.31. The number of rotatable bonds is 7. The van der Waals surface area contributed by atoms with Gasteiger partial charge in [-0.25, -0.2) is 0 Å². The number of unbranched alkanes of at least 4 members (excludes halogenated alkanes) is 1. The summed E-state index contributed by atoms with van der Waals surface area (Å²) in [5.74, 6) is 0.661. The highest BCUT2D eigenvalue weighted by atomic mass is 35.5. The summed E-state index contributed by atoms with van der Waals surface area (Å²) < 4.78 is 15.9. The summed E-state index contributed by atoms with van der Waals surface area (Å²) in [5, 5.41) is 0. The molecule has 4 heteroatoms. The quantitative estimate of drug-likeness (QED) is 0.356. The summed E-state index contributed by atoms with van der Waals surface area (Å²) in [6.07, 6.45) is 3.45. The Kier molecular flexibility index (Phi) is 8.72. The van der Waals surface area contributed by atoms with E-state index >= 15 is 0 Å². The first-order valence-corrected chi connectivity index (χ1v) is 5.84. The topological polar surface area (TPSA) is 26.3 Å². The third-order valence-electron chi connectivity index (χ3n) is 1.17. The van der Waals surface area contributed by atoms with Gasteiger partial charge in [0.05, 0.1) is 0 Å². The lowest BCUT2D eigenvalue weighted by Crippen LogP contribution is -1.88. The Morgan fingerprint density at radius 3 is 2.73 bits per heavy atom. The van der Waals surface area contributed by atoms with Gasteiger partial charge in [-0.2, -0.15) is 0 Å². The summed E-state index contributed by atoms with van der Waals surface area (Å²) in [6, 6.07) is 0. The lowest BCUT2D eigenvalue weighted by molar-refractivity contribution is 0.321. The van der Waals surface area contributed by atoms with Crippen molar-refractivity contribution in [1.29, 1.82) is 0 Å².